The summed E-state index contributed by atoms with van der Waals surface area (Å²) < 4.78 is 5.26. The van der Waals surface area contributed by atoms with Gasteiger partial charge in [0.05, 0.1) is 12.7 Å². The Morgan fingerprint density at radius 1 is 1.00 bits per heavy atom. The summed E-state index contributed by atoms with van der Waals surface area (Å²) in [6.07, 6.45) is 0. The Morgan fingerprint density at radius 2 is 1.65 bits per heavy atom. The van der Waals surface area contributed by atoms with Crippen molar-refractivity contribution in [2.24, 2.45) is 0 Å². The maximum Gasteiger partial charge on any atom is 0.321 e. The summed E-state index contributed by atoms with van der Waals surface area (Å²) in [7, 11) is 1.52. The molecule has 1 saturated heterocycles. The van der Waals surface area contributed by atoms with Gasteiger partial charge in [-0.2, -0.15) is 0 Å². The number of urea groups is 1. The number of hydrogen-bond acceptors (Lipinski definition) is 3. The molecule has 1 aliphatic heterocycles. The summed E-state index contributed by atoms with van der Waals surface area (Å²) in [6, 6.07) is 14.1. The summed E-state index contributed by atoms with van der Waals surface area (Å²) in [5, 5.41) is 3.34. The Morgan fingerprint density at radius 3 is 2.31 bits per heavy atom. The molecule has 1 aliphatic rings. The Kier molecular flexibility index (Phi) is 5.63. The van der Waals surface area contributed by atoms with Crippen LogP contribution in [0.3, 0.4) is 0 Å². The zero-order valence-electron chi connectivity index (χ0n) is 14.4. The smallest absolute Gasteiger partial charge is 0.321 e. The van der Waals surface area contributed by atoms with Gasteiger partial charge in [0.15, 0.2) is 0 Å². The molecule has 0 bridgehead atoms. The van der Waals surface area contributed by atoms with E-state index >= 15 is 0 Å². The molecule has 1 N–H and O–H groups in total. The molecule has 0 aromatic heterocycles. The van der Waals surface area contributed by atoms with Crippen LogP contribution >= 0.6 is 11.6 Å². The Hall–Kier alpha value is -2.73. The quantitative estimate of drug-likeness (QED) is 0.897. The van der Waals surface area contributed by atoms with Gasteiger partial charge >= 0.3 is 6.03 Å². The highest BCUT2D eigenvalue weighted by Gasteiger charge is 2.26. The molecular formula is C19H20ClN3O3. The highest BCUT2D eigenvalue weighted by Crippen LogP contribution is 2.24. The predicted molar refractivity (Wildman–Crippen MR) is 101 cm³/mol. The second kappa shape index (κ2) is 8.10. The van der Waals surface area contributed by atoms with E-state index in [1.165, 1.54) is 7.11 Å². The van der Waals surface area contributed by atoms with E-state index in [1.807, 2.05) is 30.3 Å². The predicted octanol–water partition coefficient (Wildman–Crippen LogP) is 3.34. The third kappa shape index (κ3) is 4.08. The van der Waals surface area contributed by atoms with Crippen molar-refractivity contribution in [2.45, 2.75) is 0 Å². The highest BCUT2D eigenvalue weighted by molar-refractivity contribution is 6.31. The summed E-state index contributed by atoms with van der Waals surface area (Å²) in [5.74, 6) is 0.344. The number of anilines is 1. The minimum Gasteiger partial charge on any atom is -0.496 e. The lowest BCUT2D eigenvalue weighted by molar-refractivity contribution is 0.0668. The fourth-order valence-electron chi connectivity index (χ4n) is 2.85. The van der Waals surface area contributed by atoms with Gasteiger partial charge in [-0.05, 0) is 30.3 Å². The van der Waals surface area contributed by atoms with Crippen molar-refractivity contribution in [1.82, 2.24) is 9.80 Å². The standard InChI is InChI=1S/C19H20ClN3O3/c1-26-17-8-7-14(20)13-16(17)18(24)22-9-11-23(12-10-22)19(25)21-15-5-3-2-4-6-15/h2-8,13H,9-12H2,1H3,(H,21,25). The second-order valence-electron chi connectivity index (χ2n) is 5.92. The first-order chi connectivity index (χ1) is 12.6. The first-order valence-electron chi connectivity index (χ1n) is 8.32. The van der Waals surface area contributed by atoms with Crippen molar-refractivity contribution in [2.75, 3.05) is 38.6 Å². The van der Waals surface area contributed by atoms with Crippen LogP contribution < -0.4 is 10.1 Å². The Bertz CT molecular complexity index is 790. The van der Waals surface area contributed by atoms with E-state index in [0.29, 0.717) is 42.5 Å². The van der Waals surface area contributed by atoms with Crippen molar-refractivity contribution in [3.05, 3.63) is 59.1 Å². The first-order valence-corrected chi connectivity index (χ1v) is 8.70. The monoisotopic (exact) mass is 373 g/mol. The van der Waals surface area contributed by atoms with E-state index in [0.717, 1.165) is 5.69 Å². The van der Waals surface area contributed by atoms with Crippen LogP contribution in [0.1, 0.15) is 10.4 Å². The SMILES string of the molecule is COc1ccc(Cl)cc1C(=O)N1CCN(C(=O)Nc2ccccc2)CC1. The molecule has 2 aromatic rings. The van der Waals surface area contributed by atoms with Gasteiger partial charge in [0.1, 0.15) is 5.75 Å². The van der Waals surface area contributed by atoms with Crippen molar-refractivity contribution >= 4 is 29.2 Å². The molecule has 3 rings (SSSR count). The molecule has 0 radical (unpaired) electrons. The number of halogens is 1. The molecule has 0 unspecified atom stereocenters. The van der Waals surface area contributed by atoms with Crippen LogP contribution in [0.5, 0.6) is 5.75 Å². The van der Waals surface area contributed by atoms with Gasteiger partial charge in [-0.3, -0.25) is 4.79 Å². The summed E-state index contributed by atoms with van der Waals surface area (Å²) in [6.45, 7) is 1.84. The molecule has 0 saturated carbocycles. The topological polar surface area (TPSA) is 61.9 Å². The maximum atomic E-state index is 12.8. The average Bonchev–Trinajstić information content (AvgIpc) is 2.68. The summed E-state index contributed by atoms with van der Waals surface area (Å²) >= 11 is 6.01. The van der Waals surface area contributed by atoms with Crippen LogP contribution in [0, 0.1) is 0 Å². The molecule has 2 aromatic carbocycles. The first kappa shape index (κ1) is 18.1. The number of ether oxygens (including phenoxy) is 1. The van der Waals surface area contributed by atoms with Crippen LogP contribution in [0.15, 0.2) is 48.5 Å². The molecule has 26 heavy (non-hydrogen) atoms. The van der Waals surface area contributed by atoms with Crippen LogP contribution in [-0.4, -0.2) is 55.0 Å². The van der Waals surface area contributed by atoms with Crippen molar-refractivity contribution in [3.8, 4) is 5.75 Å². The van der Waals surface area contributed by atoms with Gasteiger partial charge < -0.3 is 19.9 Å². The van der Waals surface area contributed by atoms with Gasteiger partial charge in [-0.1, -0.05) is 29.8 Å². The lowest BCUT2D eigenvalue weighted by Gasteiger charge is -2.35. The Balaban J connectivity index is 1.60. The van der Waals surface area contributed by atoms with Gasteiger partial charge in [-0.15, -0.1) is 0 Å². The van der Waals surface area contributed by atoms with E-state index in [9.17, 15) is 9.59 Å². The molecule has 1 fully saturated rings. The number of hydrogen-bond donors (Lipinski definition) is 1. The number of carbonyl (C=O) groups excluding carboxylic acids is 2. The van der Waals surface area contributed by atoms with E-state index in [2.05, 4.69) is 5.32 Å². The normalized spacial score (nSPS) is 14.1. The summed E-state index contributed by atoms with van der Waals surface area (Å²) in [4.78, 5) is 28.5. The molecule has 136 valence electrons. The lowest BCUT2D eigenvalue weighted by Crippen LogP contribution is -2.51. The molecule has 0 aliphatic carbocycles. The number of nitrogens with one attached hydrogen (secondary N) is 1. The largest absolute Gasteiger partial charge is 0.496 e. The van der Waals surface area contributed by atoms with Crippen LogP contribution in [0.2, 0.25) is 5.02 Å². The molecule has 1 heterocycles. The fraction of sp³-hybridized carbons (Fsp3) is 0.263. The van der Waals surface area contributed by atoms with Gasteiger partial charge in [0.2, 0.25) is 0 Å². The van der Waals surface area contributed by atoms with Crippen molar-refractivity contribution < 1.29 is 14.3 Å². The fourth-order valence-corrected chi connectivity index (χ4v) is 3.03. The molecule has 0 atom stereocenters. The summed E-state index contributed by atoms with van der Waals surface area (Å²) in [5.41, 5.74) is 1.18. The number of benzene rings is 2. The average molecular weight is 374 g/mol. The van der Waals surface area contributed by atoms with E-state index < -0.39 is 0 Å². The zero-order valence-corrected chi connectivity index (χ0v) is 15.2. The van der Waals surface area contributed by atoms with E-state index in [4.69, 9.17) is 16.3 Å². The number of para-hydroxylation sites is 1. The van der Waals surface area contributed by atoms with E-state index in [-0.39, 0.29) is 11.9 Å². The zero-order chi connectivity index (χ0) is 18.5. The van der Waals surface area contributed by atoms with Gasteiger partial charge in [0, 0.05) is 36.9 Å². The van der Waals surface area contributed by atoms with Crippen LogP contribution in [-0.2, 0) is 0 Å². The molecular weight excluding hydrogens is 354 g/mol. The third-order valence-electron chi connectivity index (χ3n) is 4.27. The maximum absolute atomic E-state index is 12.8. The number of methoxy groups -OCH3 is 1. The minimum absolute atomic E-state index is 0.146. The molecule has 3 amide bonds. The number of amides is 3. The number of nitrogens with zero attached hydrogens (tertiary/aromatic N) is 2. The van der Waals surface area contributed by atoms with Crippen LogP contribution in [0.4, 0.5) is 10.5 Å². The number of carbonyl (C=O) groups is 2. The number of rotatable bonds is 3. The minimum atomic E-state index is -0.163. The highest BCUT2D eigenvalue weighted by atomic mass is 35.5. The second-order valence-corrected chi connectivity index (χ2v) is 6.36. The van der Waals surface area contributed by atoms with Crippen molar-refractivity contribution in [1.29, 1.82) is 0 Å². The Labute approximate surface area is 157 Å². The van der Waals surface area contributed by atoms with Crippen LogP contribution in [0.25, 0.3) is 0 Å². The van der Waals surface area contributed by atoms with E-state index in [1.54, 1.807) is 28.0 Å². The van der Waals surface area contributed by atoms with Gasteiger partial charge in [0.25, 0.3) is 5.91 Å². The third-order valence-corrected chi connectivity index (χ3v) is 4.51. The number of piperazine rings is 1. The molecule has 7 heteroatoms. The molecule has 0 spiro atoms. The van der Waals surface area contributed by atoms with Gasteiger partial charge in [-0.25, -0.2) is 4.79 Å². The molecule has 6 nitrogen and oxygen atoms in total. The lowest BCUT2D eigenvalue weighted by atomic mass is 10.1. The van der Waals surface area contributed by atoms with Crippen molar-refractivity contribution in [3.63, 3.8) is 0 Å².